The summed E-state index contributed by atoms with van der Waals surface area (Å²) >= 11 is 11.6. The van der Waals surface area contributed by atoms with E-state index in [9.17, 15) is 9.59 Å². The third kappa shape index (κ3) is 4.29. The number of carbonyl (C=O) groups excluding carboxylic acids is 2. The van der Waals surface area contributed by atoms with Gasteiger partial charge in [0.2, 0.25) is 5.91 Å². The Morgan fingerprint density at radius 2 is 1.83 bits per heavy atom. The molecule has 8 heteroatoms. The summed E-state index contributed by atoms with van der Waals surface area (Å²) in [7, 11) is 1.51. The number of ether oxygens (including phenoxy) is 1. The fourth-order valence-electron chi connectivity index (χ4n) is 2.61. The van der Waals surface area contributed by atoms with E-state index in [2.05, 4.69) is 0 Å². The number of hydrogen-bond acceptors (Lipinski definition) is 4. The van der Waals surface area contributed by atoms with Gasteiger partial charge in [-0.05, 0) is 12.1 Å². The molecular formula is C15H19Cl3N2O3. The van der Waals surface area contributed by atoms with Crippen LogP contribution in [0.2, 0.25) is 0 Å². The zero-order chi connectivity index (χ0) is 16.1. The summed E-state index contributed by atoms with van der Waals surface area (Å²) in [4.78, 5) is 28.1. The Balaban J connectivity index is 0.00000264. The standard InChI is InChI=1S/C15H18Cl2N2O3.ClH/c1-22-13-5-3-2-4-11(13)19-14(20)10-12(15(19)21)18(8-6-16)9-7-17;/h2-5,12H,6-10H2,1H3;1H. The van der Waals surface area contributed by atoms with Crippen molar-refractivity contribution >= 4 is 53.1 Å². The molecule has 128 valence electrons. The molecule has 23 heavy (non-hydrogen) atoms. The second kappa shape index (κ2) is 9.33. The first-order valence-corrected chi connectivity index (χ1v) is 8.06. The average Bonchev–Trinajstić information content (AvgIpc) is 2.82. The lowest BCUT2D eigenvalue weighted by Crippen LogP contribution is -2.44. The molecule has 1 heterocycles. The first-order chi connectivity index (χ1) is 10.6. The molecule has 1 aromatic carbocycles. The summed E-state index contributed by atoms with van der Waals surface area (Å²) in [5.74, 6) is 0.747. The molecule has 1 fully saturated rings. The maximum absolute atomic E-state index is 12.7. The van der Waals surface area contributed by atoms with Crippen LogP contribution in [0, 0.1) is 0 Å². The van der Waals surface area contributed by atoms with Gasteiger partial charge in [-0.15, -0.1) is 35.6 Å². The Hall–Kier alpha value is -1.01. The van der Waals surface area contributed by atoms with Crippen molar-refractivity contribution < 1.29 is 14.3 Å². The molecule has 1 saturated heterocycles. The molecular weight excluding hydrogens is 363 g/mol. The van der Waals surface area contributed by atoms with Crippen molar-refractivity contribution in [3.05, 3.63) is 24.3 Å². The van der Waals surface area contributed by atoms with Gasteiger partial charge < -0.3 is 4.74 Å². The molecule has 5 nitrogen and oxygen atoms in total. The van der Waals surface area contributed by atoms with Crippen LogP contribution in [-0.2, 0) is 9.59 Å². The van der Waals surface area contributed by atoms with Crippen LogP contribution in [0.1, 0.15) is 6.42 Å². The summed E-state index contributed by atoms with van der Waals surface area (Å²) in [6.07, 6.45) is 0.130. The Labute approximate surface area is 151 Å². The van der Waals surface area contributed by atoms with Crippen LogP contribution in [0.5, 0.6) is 5.75 Å². The summed E-state index contributed by atoms with van der Waals surface area (Å²) in [5, 5.41) is 0. The molecule has 1 aromatic rings. The predicted octanol–water partition coefficient (Wildman–Crippen LogP) is 2.53. The highest BCUT2D eigenvalue weighted by atomic mass is 35.5. The van der Waals surface area contributed by atoms with Crippen molar-refractivity contribution in [2.75, 3.05) is 36.9 Å². The molecule has 0 aromatic heterocycles. The topological polar surface area (TPSA) is 49.9 Å². The minimum Gasteiger partial charge on any atom is -0.495 e. The Kier molecular flexibility index (Phi) is 8.12. The van der Waals surface area contributed by atoms with E-state index in [0.717, 1.165) is 0 Å². The zero-order valence-electron chi connectivity index (χ0n) is 12.7. The van der Waals surface area contributed by atoms with Crippen LogP contribution >= 0.6 is 35.6 Å². The van der Waals surface area contributed by atoms with E-state index >= 15 is 0 Å². The van der Waals surface area contributed by atoms with Gasteiger partial charge in [-0.25, -0.2) is 4.90 Å². The molecule has 0 aliphatic carbocycles. The van der Waals surface area contributed by atoms with Gasteiger partial charge in [-0.2, -0.15) is 0 Å². The highest BCUT2D eigenvalue weighted by Gasteiger charge is 2.43. The average molecular weight is 382 g/mol. The SMILES string of the molecule is COc1ccccc1N1C(=O)CC(N(CCCl)CCCl)C1=O.Cl. The first kappa shape index (κ1) is 20.0. The molecule has 1 unspecified atom stereocenters. The van der Waals surface area contributed by atoms with Crippen LogP contribution < -0.4 is 9.64 Å². The second-order valence-corrected chi connectivity index (χ2v) is 5.63. The van der Waals surface area contributed by atoms with Crippen molar-refractivity contribution in [3.8, 4) is 5.75 Å². The normalized spacial score (nSPS) is 17.6. The first-order valence-electron chi connectivity index (χ1n) is 6.99. The van der Waals surface area contributed by atoms with Crippen molar-refractivity contribution in [2.24, 2.45) is 0 Å². The summed E-state index contributed by atoms with van der Waals surface area (Å²) in [6, 6.07) is 6.46. The Bertz CT molecular complexity index is 551. The maximum Gasteiger partial charge on any atom is 0.251 e. The van der Waals surface area contributed by atoms with Gasteiger partial charge in [0.1, 0.15) is 5.75 Å². The maximum atomic E-state index is 12.7. The van der Waals surface area contributed by atoms with Gasteiger partial charge >= 0.3 is 0 Å². The number of carbonyl (C=O) groups is 2. The van der Waals surface area contributed by atoms with E-state index in [-0.39, 0.29) is 30.6 Å². The monoisotopic (exact) mass is 380 g/mol. The number of rotatable bonds is 7. The molecule has 1 aliphatic heterocycles. The minimum absolute atomic E-state index is 0. The third-order valence-corrected chi connectivity index (χ3v) is 3.97. The number of benzene rings is 1. The fourth-order valence-corrected chi connectivity index (χ4v) is 3.04. The summed E-state index contributed by atoms with van der Waals surface area (Å²) < 4.78 is 5.24. The zero-order valence-corrected chi connectivity index (χ0v) is 15.0. The number of methoxy groups -OCH3 is 1. The van der Waals surface area contributed by atoms with E-state index in [1.54, 1.807) is 24.3 Å². The fraction of sp³-hybridized carbons (Fsp3) is 0.467. The number of imide groups is 1. The number of nitrogens with zero attached hydrogens (tertiary/aromatic N) is 2. The lowest BCUT2D eigenvalue weighted by atomic mass is 10.2. The summed E-state index contributed by atoms with van der Waals surface area (Å²) in [5.41, 5.74) is 0.471. The highest BCUT2D eigenvalue weighted by Crippen LogP contribution is 2.32. The van der Waals surface area contributed by atoms with Gasteiger partial charge in [0.15, 0.2) is 0 Å². The lowest BCUT2D eigenvalue weighted by Gasteiger charge is -2.25. The van der Waals surface area contributed by atoms with Crippen molar-refractivity contribution in [1.82, 2.24) is 4.90 Å². The van der Waals surface area contributed by atoms with Gasteiger partial charge in [0.05, 0.1) is 25.3 Å². The van der Waals surface area contributed by atoms with Gasteiger partial charge in [0, 0.05) is 24.8 Å². The van der Waals surface area contributed by atoms with Crippen molar-refractivity contribution in [3.63, 3.8) is 0 Å². The quantitative estimate of drug-likeness (QED) is 0.538. The van der Waals surface area contributed by atoms with Gasteiger partial charge in [-0.1, -0.05) is 12.1 Å². The number of amides is 2. The summed E-state index contributed by atoms with van der Waals surface area (Å²) in [6.45, 7) is 1.02. The number of alkyl halides is 2. The predicted molar refractivity (Wildman–Crippen MR) is 94.2 cm³/mol. The smallest absolute Gasteiger partial charge is 0.251 e. The van der Waals surface area contributed by atoms with Crippen molar-refractivity contribution in [2.45, 2.75) is 12.5 Å². The third-order valence-electron chi connectivity index (χ3n) is 3.63. The van der Waals surface area contributed by atoms with Crippen molar-refractivity contribution in [1.29, 1.82) is 0 Å². The molecule has 0 spiro atoms. The number of halogens is 3. The molecule has 2 rings (SSSR count). The molecule has 0 bridgehead atoms. The van der Waals surface area contributed by atoms with Gasteiger partial charge in [-0.3, -0.25) is 14.5 Å². The molecule has 0 N–H and O–H groups in total. The van der Waals surface area contributed by atoms with Crippen LogP contribution in [-0.4, -0.2) is 54.7 Å². The van der Waals surface area contributed by atoms with E-state index in [0.29, 0.717) is 36.3 Å². The Morgan fingerprint density at radius 1 is 1.22 bits per heavy atom. The van der Waals surface area contributed by atoms with Crippen LogP contribution in [0.15, 0.2) is 24.3 Å². The van der Waals surface area contributed by atoms with E-state index in [1.165, 1.54) is 12.0 Å². The number of hydrogen-bond donors (Lipinski definition) is 0. The highest BCUT2D eigenvalue weighted by molar-refractivity contribution is 6.23. The largest absolute Gasteiger partial charge is 0.495 e. The van der Waals surface area contributed by atoms with Crippen LogP contribution in [0.4, 0.5) is 5.69 Å². The lowest BCUT2D eigenvalue weighted by molar-refractivity contribution is -0.122. The molecule has 1 atom stereocenters. The van der Waals surface area contributed by atoms with Crippen LogP contribution in [0.25, 0.3) is 0 Å². The van der Waals surface area contributed by atoms with E-state index in [1.807, 2.05) is 4.90 Å². The second-order valence-electron chi connectivity index (χ2n) is 4.87. The van der Waals surface area contributed by atoms with E-state index in [4.69, 9.17) is 27.9 Å². The molecule has 1 aliphatic rings. The van der Waals surface area contributed by atoms with E-state index < -0.39 is 6.04 Å². The van der Waals surface area contributed by atoms with Gasteiger partial charge in [0.25, 0.3) is 5.91 Å². The minimum atomic E-state index is -0.519. The Morgan fingerprint density at radius 3 is 2.39 bits per heavy atom. The molecule has 2 amide bonds. The number of para-hydroxylation sites is 2. The number of anilines is 1. The van der Waals surface area contributed by atoms with Crippen LogP contribution in [0.3, 0.4) is 0 Å². The molecule has 0 radical (unpaired) electrons. The molecule has 0 saturated carbocycles.